The summed E-state index contributed by atoms with van der Waals surface area (Å²) in [5.41, 5.74) is 14.4. The first-order valence-electron chi connectivity index (χ1n) is 10.2. The van der Waals surface area contributed by atoms with Gasteiger partial charge >= 0.3 is 5.97 Å². The van der Waals surface area contributed by atoms with E-state index < -0.39 is 17.8 Å². The van der Waals surface area contributed by atoms with Crippen LogP contribution in [0, 0.1) is 0 Å². The number of nitrogens with one attached hydrogen (secondary N) is 2. The number of hydrogen-bond acceptors (Lipinski definition) is 11. The molecule has 15 nitrogen and oxygen atoms in total. The van der Waals surface area contributed by atoms with E-state index in [9.17, 15) is 19.5 Å². The number of nitrogens with zero attached hydrogens (tertiary/aromatic N) is 6. The number of para-hydroxylation sites is 1. The molecule has 36 heavy (non-hydrogen) atoms. The number of carbonyl (C=O) groups excluding carboxylic acids is 2. The molecule has 2 heterocycles. The number of hydrogen-bond donors (Lipinski definition) is 5. The van der Waals surface area contributed by atoms with Crippen molar-refractivity contribution in [3.05, 3.63) is 76.6 Å². The number of rotatable bonds is 9. The van der Waals surface area contributed by atoms with Crippen LogP contribution < -0.4 is 22.2 Å². The summed E-state index contributed by atoms with van der Waals surface area (Å²) in [4.78, 5) is 36.0. The van der Waals surface area contributed by atoms with Crippen LogP contribution in [0.15, 0.2) is 58.3 Å². The van der Waals surface area contributed by atoms with Crippen LogP contribution in [0.5, 0.6) is 0 Å². The molecule has 0 aliphatic heterocycles. The number of nitrogen functional groups attached to an aromatic ring is 1. The minimum Gasteiger partial charge on any atom is -0.478 e. The first-order chi connectivity index (χ1) is 17.4. The van der Waals surface area contributed by atoms with Gasteiger partial charge in [0.05, 0.1) is 29.6 Å². The first-order valence-corrected chi connectivity index (χ1v) is 10.2. The molecule has 0 fully saturated rings. The third-order valence-corrected chi connectivity index (χ3v) is 4.87. The molecule has 0 spiro atoms. The van der Waals surface area contributed by atoms with Crippen LogP contribution >= 0.6 is 0 Å². The summed E-state index contributed by atoms with van der Waals surface area (Å²) in [6.07, 6.45) is 1.19. The molecule has 0 saturated heterocycles. The quantitative estimate of drug-likeness (QED) is 0.159. The predicted molar refractivity (Wildman–Crippen MR) is 124 cm³/mol. The maximum Gasteiger partial charge on any atom is 0.336 e. The zero-order valence-corrected chi connectivity index (χ0v) is 18.3. The Hall–Kier alpha value is -5.60. The van der Waals surface area contributed by atoms with Gasteiger partial charge in [0, 0.05) is 11.3 Å². The zero-order chi connectivity index (χ0) is 25.7. The largest absolute Gasteiger partial charge is 0.478 e. The lowest BCUT2D eigenvalue weighted by Crippen LogP contribution is -2.22. The Balaban J connectivity index is 1.62. The maximum atomic E-state index is 12.9. The SMILES string of the molecule is NC(=O)c1ccccc1NCc1c(C(=O)N/N=C/c2ccccc2C(=O)O)nnn1-c1nonc1N. The molecule has 0 bridgehead atoms. The van der Waals surface area contributed by atoms with E-state index in [1.807, 2.05) is 0 Å². The molecule has 4 aromatic rings. The number of benzene rings is 2. The molecule has 7 N–H and O–H groups in total. The highest BCUT2D eigenvalue weighted by molar-refractivity contribution is 6.00. The summed E-state index contributed by atoms with van der Waals surface area (Å²) >= 11 is 0. The van der Waals surface area contributed by atoms with Gasteiger partial charge in [-0.1, -0.05) is 35.5 Å². The van der Waals surface area contributed by atoms with Crippen molar-refractivity contribution in [1.82, 2.24) is 30.7 Å². The normalized spacial score (nSPS) is 10.9. The summed E-state index contributed by atoms with van der Waals surface area (Å²) < 4.78 is 5.76. The molecule has 0 aliphatic rings. The number of primary amides is 1. The lowest BCUT2D eigenvalue weighted by Gasteiger charge is -2.11. The lowest BCUT2D eigenvalue weighted by molar-refractivity contribution is 0.0696. The maximum absolute atomic E-state index is 12.9. The Morgan fingerprint density at radius 3 is 2.50 bits per heavy atom. The van der Waals surface area contributed by atoms with Gasteiger partial charge in [0.25, 0.3) is 11.8 Å². The van der Waals surface area contributed by atoms with Gasteiger partial charge in [0.15, 0.2) is 5.69 Å². The van der Waals surface area contributed by atoms with E-state index in [2.05, 4.69) is 41.1 Å². The van der Waals surface area contributed by atoms with Crippen LogP contribution in [0.3, 0.4) is 0 Å². The summed E-state index contributed by atoms with van der Waals surface area (Å²) in [6.45, 7) is -0.0715. The average Bonchev–Trinajstić information content (AvgIpc) is 3.48. The molecule has 2 aromatic carbocycles. The second kappa shape index (κ2) is 10.1. The second-order valence-electron chi connectivity index (χ2n) is 7.12. The Labute approximate surface area is 201 Å². The molecular formula is C21H18N10O5. The van der Waals surface area contributed by atoms with Crippen molar-refractivity contribution >= 4 is 35.5 Å². The van der Waals surface area contributed by atoms with Crippen molar-refractivity contribution in [3.8, 4) is 5.82 Å². The molecule has 2 amide bonds. The van der Waals surface area contributed by atoms with Crippen molar-refractivity contribution in [2.45, 2.75) is 6.54 Å². The number of carboxylic acids is 1. The number of aromatic carboxylic acids is 1. The molecule has 0 aliphatic carbocycles. The second-order valence-corrected chi connectivity index (χ2v) is 7.12. The standard InChI is InChI=1S/C21H18N10O5/c22-17-19(29-36-28-17)31-15(10-24-14-8-4-3-7-13(14)18(23)32)16(26-30-31)20(33)27-25-9-11-5-1-2-6-12(11)21(34)35/h1-9,24H,10H2,(H2,22,28)(H2,23,32)(H,27,33)(H,34,35)/b25-9+. The Morgan fingerprint density at radius 2 is 1.81 bits per heavy atom. The molecule has 2 aromatic heterocycles. The van der Waals surface area contributed by atoms with Crippen molar-refractivity contribution in [2.75, 3.05) is 11.1 Å². The van der Waals surface area contributed by atoms with Gasteiger partial charge in [-0.3, -0.25) is 9.59 Å². The van der Waals surface area contributed by atoms with E-state index in [0.29, 0.717) is 5.69 Å². The topological polar surface area (TPSA) is 230 Å². The van der Waals surface area contributed by atoms with Crippen LogP contribution in [0.25, 0.3) is 5.82 Å². The number of carbonyl (C=O) groups is 3. The number of nitrogens with two attached hydrogens (primary N) is 2. The van der Waals surface area contributed by atoms with E-state index in [4.69, 9.17) is 11.5 Å². The molecule has 182 valence electrons. The summed E-state index contributed by atoms with van der Waals surface area (Å²) in [5, 5.41) is 31.1. The van der Waals surface area contributed by atoms with E-state index in [-0.39, 0.29) is 46.3 Å². The smallest absolute Gasteiger partial charge is 0.336 e. The average molecular weight is 490 g/mol. The summed E-state index contributed by atoms with van der Waals surface area (Å²) in [5.74, 6) is -2.67. The Morgan fingerprint density at radius 1 is 1.08 bits per heavy atom. The minimum atomic E-state index is -1.14. The van der Waals surface area contributed by atoms with E-state index in [1.165, 1.54) is 24.4 Å². The number of aromatic nitrogens is 5. The molecular weight excluding hydrogens is 472 g/mol. The number of anilines is 2. The van der Waals surface area contributed by atoms with Gasteiger partial charge in [-0.25, -0.2) is 14.8 Å². The van der Waals surface area contributed by atoms with Gasteiger partial charge in [-0.05, 0) is 28.5 Å². The van der Waals surface area contributed by atoms with Crippen LogP contribution in [-0.4, -0.2) is 54.4 Å². The minimum absolute atomic E-state index is 0.00783. The van der Waals surface area contributed by atoms with Gasteiger partial charge in [-0.2, -0.15) is 9.78 Å². The molecule has 0 unspecified atom stereocenters. The number of amides is 2. The number of carboxylic acid groups (broad SMARTS) is 1. The third kappa shape index (κ3) is 4.84. The molecule has 0 atom stereocenters. The molecule has 0 saturated carbocycles. The fraction of sp³-hybridized carbons (Fsp3) is 0.0476. The van der Waals surface area contributed by atoms with Crippen LogP contribution in [0.2, 0.25) is 0 Å². The Bertz CT molecular complexity index is 1480. The van der Waals surface area contributed by atoms with Crippen molar-refractivity contribution in [2.24, 2.45) is 10.8 Å². The molecule has 0 radical (unpaired) electrons. The van der Waals surface area contributed by atoms with Gasteiger partial charge < -0.3 is 21.9 Å². The zero-order valence-electron chi connectivity index (χ0n) is 18.3. The van der Waals surface area contributed by atoms with Gasteiger partial charge in [0.1, 0.15) is 0 Å². The van der Waals surface area contributed by atoms with Crippen molar-refractivity contribution in [3.63, 3.8) is 0 Å². The summed E-state index contributed by atoms with van der Waals surface area (Å²) in [6, 6.07) is 12.6. The van der Waals surface area contributed by atoms with Crippen molar-refractivity contribution < 1.29 is 24.1 Å². The van der Waals surface area contributed by atoms with E-state index in [0.717, 1.165) is 4.68 Å². The van der Waals surface area contributed by atoms with Crippen LogP contribution in [0.1, 0.15) is 42.5 Å². The highest BCUT2D eigenvalue weighted by atomic mass is 16.6. The van der Waals surface area contributed by atoms with Gasteiger partial charge in [-0.15, -0.1) is 5.10 Å². The van der Waals surface area contributed by atoms with Crippen LogP contribution in [0.4, 0.5) is 11.5 Å². The van der Waals surface area contributed by atoms with E-state index >= 15 is 0 Å². The fourth-order valence-electron chi connectivity index (χ4n) is 3.19. The molecule has 15 heteroatoms. The first kappa shape index (κ1) is 23.6. The lowest BCUT2D eigenvalue weighted by atomic mass is 10.1. The highest BCUT2D eigenvalue weighted by Gasteiger charge is 2.24. The third-order valence-electron chi connectivity index (χ3n) is 4.87. The predicted octanol–water partition coefficient (Wildman–Crippen LogP) is 0.406. The van der Waals surface area contributed by atoms with Crippen LogP contribution in [-0.2, 0) is 6.54 Å². The van der Waals surface area contributed by atoms with E-state index in [1.54, 1.807) is 30.3 Å². The molecule has 4 rings (SSSR count). The Kier molecular flexibility index (Phi) is 6.62. The van der Waals surface area contributed by atoms with Gasteiger partial charge in [0.2, 0.25) is 11.6 Å². The monoisotopic (exact) mass is 490 g/mol. The number of hydrazone groups is 1. The van der Waals surface area contributed by atoms with Crippen molar-refractivity contribution in [1.29, 1.82) is 0 Å². The fourth-order valence-corrected chi connectivity index (χ4v) is 3.19. The summed E-state index contributed by atoms with van der Waals surface area (Å²) in [7, 11) is 0. The highest BCUT2D eigenvalue weighted by Crippen LogP contribution is 2.19.